The lowest BCUT2D eigenvalue weighted by Crippen LogP contribution is -2.33. The number of carbonyl (C=O) groups excluding carboxylic acids is 1. The molecule has 0 fully saturated rings. The van der Waals surface area contributed by atoms with Gasteiger partial charge in [0.1, 0.15) is 23.0 Å². The molecule has 8 heteroatoms. The molecule has 0 saturated carbocycles. The molecule has 1 spiro atoms. The lowest BCUT2D eigenvalue weighted by molar-refractivity contribution is 0.0223. The van der Waals surface area contributed by atoms with Crippen LogP contribution in [0.2, 0.25) is 0 Å². The predicted octanol–water partition coefficient (Wildman–Crippen LogP) is 5.96. The zero-order valence-corrected chi connectivity index (χ0v) is 20.9. The molecule has 2 aliphatic rings. The Morgan fingerprint density at radius 1 is 0.711 bits per heavy atom. The fraction of sp³-hybridized carbons (Fsp3) is 0.167. The maximum atomic E-state index is 13.0. The van der Waals surface area contributed by atoms with Gasteiger partial charge in [-0.15, -0.1) is 0 Å². The SMILES string of the molecule is COCOc1ccc(Nc2ccc3c(c2)Oc2cc(OCOC)ccc2C32OC(=O)c3ccccc32)cc1. The summed E-state index contributed by atoms with van der Waals surface area (Å²) in [5.41, 5.74) is 3.29. The quantitative estimate of drug-likeness (QED) is 0.229. The monoisotopic (exact) mass is 511 g/mol. The molecule has 1 atom stereocenters. The van der Waals surface area contributed by atoms with E-state index in [4.69, 9.17) is 28.4 Å². The number of esters is 1. The molecule has 0 aliphatic carbocycles. The summed E-state index contributed by atoms with van der Waals surface area (Å²) >= 11 is 0. The summed E-state index contributed by atoms with van der Waals surface area (Å²) in [4.78, 5) is 13.0. The van der Waals surface area contributed by atoms with Crippen molar-refractivity contribution in [3.8, 4) is 23.0 Å². The van der Waals surface area contributed by atoms with E-state index in [0.29, 0.717) is 28.6 Å². The number of nitrogens with one attached hydrogen (secondary N) is 1. The summed E-state index contributed by atoms with van der Waals surface area (Å²) in [7, 11) is 3.14. The molecule has 0 amide bonds. The number of methoxy groups -OCH3 is 2. The average molecular weight is 512 g/mol. The van der Waals surface area contributed by atoms with Crippen molar-refractivity contribution in [1.29, 1.82) is 0 Å². The Morgan fingerprint density at radius 3 is 2.11 bits per heavy atom. The number of anilines is 2. The second-order valence-electron chi connectivity index (χ2n) is 8.84. The molecule has 6 rings (SSSR count). The summed E-state index contributed by atoms with van der Waals surface area (Å²) in [6.07, 6.45) is 0. The third kappa shape index (κ3) is 4.00. The van der Waals surface area contributed by atoms with Gasteiger partial charge in [0.15, 0.2) is 19.2 Å². The normalized spacial score (nSPS) is 16.6. The van der Waals surface area contributed by atoms with E-state index in [1.54, 1.807) is 26.4 Å². The molecule has 0 saturated heterocycles. The van der Waals surface area contributed by atoms with Crippen molar-refractivity contribution >= 4 is 17.3 Å². The third-order valence-corrected chi connectivity index (χ3v) is 6.52. The van der Waals surface area contributed by atoms with Crippen LogP contribution in [0.15, 0.2) is 84.9 Å². The van der Waals surface area contributed by atoms with Crippen molar-refractivity contribution in [1.82, 2.24) is 0 Å². The highest BCUT2D eigenvalue weighted by atomic mass is 16.7. The van der Waals surface area contributed by atoms with E-state index in [1.165, 1.54) is 0 Å². The Balaban J connectivity index is 1.41. The first-order chi connectivity index (χ1) is 18.6. The Hall–Kier alpha value is -4.53. The van der Waals surface area contributed by atoms with Crippen molar-refractivity contribution in [3.05, 3.63) is 107 Å². The van der Waals surface area contributed by atoms with Gasteiger partial charge in [-0.3, -0.25) is 0 Å². The van der Waals surface area contributed by atoms with Crippen LogP contribution in [0.3, 0.4) is 0 Å². The van der Waals surface area contributed by atoms with Crippen LogP contribution in [0.1, 0.15) is 27.0 Å². The Kier molecular flexibility index (Phi) is 6.11. The summed E-state index contributed by atoms with van der Waals surface area (Å²) in [6.45, 7) is 0.284. The standard InChI is InChI=1S/C30H25NO7/c1-33-17-35-21-10-7-19(8-11-21)31-20-9-13-25-27(15-20)37-28-16-22(36-18-34-2)12-14-26(28)30(25)24-6-4-3-5-23(24)29(32)38-30/h3-16,31H,17-18H2,1-2H3. The number of benzene rings is 4. The number of rotatable bonds is 8. The van der Waals surface area contributed by atoms with Crippen LogP contribution >= 0.6 is 0 Å². The van der Waals surface area contributed by atoms with E-state index in [2.05, 4.69) is 5.32 Å². The third-order valence-electron chi connectivity index (χ3n) is 6.52. The van der Waals surface area contributed by atoms with Crippen LogP contribution in [-0.4, -0.2) is 33.8 Å². The minimum absolute atomic E-state index is 0.0989. The van der Waals surface area contributed by atoms with Crippen molar-refractivity contribution in [2.24, 2.45) is 0 Å². The molecule has 4 aromatic rings. The topological polar surface area (TPSA) is 84.5 Å². The maximum absolute atomic E-state index is 13.0. The highest BCUT2D eigenvalue weighted by Gasteiger charge is 2.53. The van der Waals surface area contributed by atoms with Crippen molar-refractivity contribution in [2.45, 2.75) is 5.60 Å². The fourth-order valence-corrected chi connectivity index (χ4v) is 4.88. The summed E-state index contributed by atoms with van der Waals surface area (Å²) in [5.74, 6) is 2.00. The van der Waals surface area contributed by atoms with E-state index in [9.17, 15) is 4.79 Å². The lowest BCUT2D eigenvalue weighted by atomic mass is 9.77. The molecule has 2 heterocycles. The number of hydrogen-bond donors (Lipinski definition) is 1. The molecule has 0 bridgehead atoms. The minimum Gasteiger partial charge on any atom is -0.468 e. The largest absolute Gasteiger partial charge is 0.468 e. The Morgan fingerprint density at radius 2 is 1.34 bits per heavy atom. The van der Waals surface area contributed by atoms with Crippen molar-refractivity contribution in [3.63, 3.8) is 0 Å². The first-order valence-corrected chi connectivity index (χ1v) is 12.0. The molecular weight excluding hydrogens is 486 g/mol. The van der Waals surface area contributed by atoms with Crippen LogP contribution in [0.4, 0.5) is 11.4 Å². The Labute approximate surface area is 219 Å². The smallest absolute Gasteiger partial charge is 0.340 e. The molecular formula is C30H25NO7. The summed E-state index contributed by atoms with van der Waals surface area (Å²) < 4.78 is 33.7. The van der Waals surface area contributed by atoms with E-state index >= 15 is 0 Å². The van der Waals surface area contributed by atoms with Gasteiger partial charge >= 0.3 is 5.97 Å². The molecule has 0 radical (unpaired) electrons. The molecule has 0 aromatic heterocycles. The van der Waals surface area contributed by atoms with E-state index in [0.717, 1.165) is 28.1 Å². The van der Waals surface area contributed by atoms with Gasteiger partial charge in [0.25, 0.3) is 0 Å². The van der Waals surface area contributed by atoms with Gasteiger partial charge in [0.2, 0.25) is 0 Å². The predicted molar refractivity (Wildman–Crippen MR) is 139 cm³/mol. The minimum atomic E-state index is -1.14. The van der Waals surface area contributed by atoms with Crippen molar-refractivity contribution in [2.75, 3.05) is 33.1 Å². The molecule has 192 valence electrons. The molecule has 1 unspecified atom stereocenters. The van der Waals surface area contributed by atoms with Gasteiger partial charge in [0, 0.05) is 54.4 Å². The summed E-state index contributed by atoms with van der Waals surface area (Å²) in [5, 5.41) is 3.39. The van der Waals surface area contributed by atoms with Gasteiger partial charge in [-0.05, 0) is 54.6 Å². The molecule has 4 aromatic carbocycles. The average Bonchev–Trinajstić information content (AvgIpc) is 3.24. The number of fused-ring (bicyclic) bond motifs is 6. The van der Waals surface area contributed by atoms with Crippen molar-refractivity contribution < 1.29 is 33.2 Å². The zero-order chi connectivity index (χ0) is 26.1. The van der Waals surface area contributed by atoms with E-state index < -0.39 is 5.60 Å². The number of hydrogen-bond acceptors (Lipinski definition) is 8. The van der Waals surface area contributed by atoms with Gasteiger partial charge in [-0.1, -0.05) is 18.2 Å². The second kappa shape index (κ2) is 9.74. The van der Waals surface area contributed by atoms with Gasteiger partial charge in [-0.25, -0.2) is 4.79 Å². The summed E-state index contributed by atoms with van der Waals surface area (Å²) in [6, 6.07) is 26.2. The maximum Gasteiger partial charge on any atom is 0.340 e. The first-order valence-electron chi connectivity index (χ1n) is 12.0. The van der Waals surface area contributed by atoms with E-state index in [1.807, 2.05) is 72.8 Å². The van der Waals surface area contributed by atoms with Crippen LogP contribution in [0, 0.1) is 0 Å². The highest BCUT2D eigenvalue weighted by molar-refractivity contribution is 5.97. The molecule has 8 nitrogen and oxygen atoms in total. The van der Waals surface area contributed by atoms with Crippen LogP contribution in [-0.2, 0) is 19.8 Å². The van der Waals surface area contributed by atoms with Gasteiger partial charge in [0.05, 0.1) is 5.56 Å². The van der Waals surface area contributed by atoms with Gasteiger partial charge in [-0.2, -0.15) is 0 Å². The molecule has 38 heavy (non-hydrogen) atoms. The zero-order valence-electron chi connectivity index (χ0n) is 20.9. The second-order valence-corrected chi connectivity index (χ2v) is 8.84. The van der Waals surface area contributed by atoms with Crippen LogP contribution < -0.4 is 19.5 Å². The number of carbonyl (C=O) groups is 1. The van der Waals surface area contributed by atoms with Crippen LogP contribution in [0.5, 0.6) is 23.0 Å². The first kappa shape index (κ1) is 23.8. The highest BCUT2D eigenvalue weighted by Crippen LogP contribution is 2.57. The van der Waals surface area contributed by atoms with Gasteiger partial charge < -0.3 is 33.7 Å². The lowest BCUT2D eigenvalue weighted by Gasteiger charge is -2.36. The van der Waals surface area contributed by atoms with E-state index in [-0.39, 0.29) is 19.6 Å². The molecule has 1 N–H and O–H groups in total. The van der Waals surface area contributed by atoms with Crippen LogP contribution in [0.25, 0.3) is 0 Å². The Bertz CT molecular complexity index is 1500. The molecule has 2 aliphatic heterocycles. The fourth-order valence-electron chi connectivity index (χ4n) is 4.88. The number of ether oxygens (including phenoxy) is 6.